The minimum atomic E-state index is -1.30. The highest BCUT2D eigenvalue weighted by atomic mass is 32.2. The zero-order valence-corrected chi connectivity index (χ0v) is 22.4. The number of carbonyl (C=O) groups excluding carboxylic acids is 3. The average Bonchev–Trinajstić information content (AvgIpc) is 2.83. The van der Waals surface area contributed by atoms with Gasteiger partial charge in [0.1, 0.15) is 29.2 Å². The topological polar surface area (TPSA) is 117 Å². The molecule has 0 saturated carbocycles. The lowest BCUT2D eigenvalue weighted by Crippen LogP contribution is -2.51. The number of nitrogens with one attached hydrogen (secondary N) is 2. The summed E-state index contributed by atoms with van der Waals surface area (Å²) in [5, 5.41) is 15.4. The Bertz CT molecular complexity index is 1120. The van der Waals surface area contributed by atoms with E-state index in [2.05, 4.69) is 16.7 Å². The first kappa shape index (κ1) is 29.4. The van der Waals surface area contributed by atoms with Gasteiger partial charge in [-0.25, -0.2) is 4.79 Å². The number of amides is 3. The lowest BCUT2D eigenvalue weighted by molar-refractivity contribution is -0.136. The van der Waals surface area contributed by atoms with Gasteiger partial charge in [-0.1, -0.05) is 18.6 Å². The van der Waals surface area contributed by atoms with Crippen LogP contribution in [0.3, 0.4) is 0 Å². The van der Waals surface area contributed by atoms with E-state index in [0.29, 0.717) is 17.2 Å². The van der Waals surface area contributed by atoms with Gasteiger partial charge in [0.15, 0.2) is 0 Å². The molecule has 0 aromatic heterocycles. The maximum absolute atomic E-state index is 13.7. The highest BCUT2D eigenvalue weighted by Gasteiger charge is 2.36. The standard InChI is InChI=1S/C27H33N3O6S/c1-7-30(25(33)22(15-16-37-6)29-26(34)36-27(2,3)4)23(18-9-8-10-20(31)17-18)24(32)28-19-11-13-21(35-5)14-12-19/h1,8-14,17,22-23,31H,15-16H2,2-6H3,(H,28,32)(H,29,34). The number of thioether (sulfide) groups is 1. The minimum Gasteiger partial charge on any atom is -0.508 e. The summed E-state index contributed by atoms with van der Waals surface area (Å²) in [5.74, 6) is -0.231. The quantitative estimate of drug-likeness (QED) is 0.314. The van der Waals surface area contributed by atoms with E-state index < -0.39 is 35.6 Å². The molecule has 9 nitrogen and oxygen atoms in total. The number of methoxy groups -OCH3 is 1. The highest BCUT2D eigenvalue weighted by Crippen LogP contribution is 2.27. The summed E-state index contributed by atoms with van der Waals surface area (Å²) in [5.41, 5.74) is -0.0323. The monoisotopic (exact) mass is 527 g/mol. The number of benzene rings is 2. The molecule has 37 heavy (non-hydrogen) atoms. The van der Waals surface area contributed by atoms with Crippen LogP contribution in [0.5, 0.6) is 11.5 Å². The second-order valence-corrected chi connectivity index (χ2v) is 10.0. The van der Waals surface area contributed by atoms with Crippen LogP contribution < -0.4 is 15.4 Å². The lowest BCUT2D eigenvalue weighted by atomic mass is 10.0. The van der Waals surface area contributed by atoms with Crippen LogP contribution in [0.25, 0.3) is 0 Å². The number of aromatic hydroxyl groups is 1. The van der Waals surface area contributed by atoms with Gasteiger partial charge >= 0.3 is 6.09 Å². The molecule has 3 N–H and O–H groups in total. The van der Waals surface area contributed by atoms with Crippen LogP contribution in [0.2, 0.25) is 0 Å². The molecule has 0 aliphatic rings. The van der Waals surface area contributed by atoms with Gasteiger partial charge < -0.3 is 25.2 Å². The Morgan fingerprint density at radius 2 is 1.84 bits per heavy atom. The molecule has 0 saturated heterocycles. The Kier molecular flexibility index (Phi) is 10.7. The molecule has 3 amide bonds. The third kappa shape index (κ3) is 8.95. The molecule has 2 atom stereocenters. The van der Waals surface area contributed by atoms with Crippen molar-refractivity contribution in [2.24, 2.45) is 0 Å². The molecule has 2 rings (SSSR count). The molecule has 0 aliphatic heterocycles. The lowest BCUT2D eigenvalue weighted by Gasteiger charge is -2.30. The number of rotatable bonds is 10. The molecule has 0 heterocycles. The van der Waals surface area contributed by atoms with E-state index in [1.165, 1.54) is 31.0 Å². The first-order chi connectivity index (χ1) is 17.5. The first-order valence-electron chi connectivity index (χ1n) is 11.5. The van der Waals surface area contributed by atoms with Crippen molar-refractivity contribution in [1.82, 2.24) is 10.2 Å². The number of alkyl carbamates (subject to hydrolysis) is 1. The van der Waals surface area contributed by atoms with Gasteiger partial charge in [-0.05, 0) is 81.2 Å². The van der Waals surface area contributed by atoms with Gasteiger partial charge in [0, 0.05) is 11.7 Å². The molecule has 2 aromatic rings. The van der Waals surface area contributed by atoms with Crippen LogP contribution in [0.1, 0.15) is 38.8 Å². The van der Waals surface area contributed by atoms with E-state index in [-0.39, 0.29) is 17.7 Å². The number of anilines is 1. The number of terminal acetylenes is 1. The number of hydrogen-bond donors (Lipinski definition) is 3. The summed E-state index contributed by atoms with van der Waals surface area (Å²) < 4.78 is 10.5. The van der Waals surface area contributed by atoms with Gasteiger partial charge in [-0.2, -0.15) is 11.8 Å². The van der Waals surface area contributed by atoms with Gasteiger partial charge in [0.25, 0.3) is 11.8 Å². The molecule has 0 radical (unpaired) electrons. The number of phenols is 1. The summed E-state index contributed by atoms with van der Waals surface area (Å²) in [7, 11) is 1.53. The molecule has 0 bridgehead atoms. The van der Waals surface area contributed by atoms with E-state index in [1.54, 1.807) is 57.2 Å². The Balaban J connectivity index is 2.42. The number of ether oxygens (including phenoxy) is 2. The molecule has 0 aliphatic carbocycles. The summed E-state index contributed by atoms with van der Waals surface area (Å²) in [6.07, 6.45) is 7.11. The molecule has 2 unspecified atom stereocenters. The summed E-state index contributed by atoms with van der Waals surface area (Å²) in [6, 6.07) is 12.5. The van der Waals surface area contributed by atoms with Crippen molar-refractivity contribution < 1.29 is 29.0 Å². The van der Waals surface area contributed by atoms with Gasteiger partial charge in [0.2, 0.25) is 0 Å². The van der Waals surface area contributed by atoms with Crippen molar-refractivity contribution >= 4 is 35.4 Å². The summed E-state index contributed by atoms with van der Waals surface area (Å²) in [6.45, 7) is 5.13. The maximum atomic E-state index is 13.7. The molecule has 0 fully saturated rings. The smallest absolute Gasteiger partial charge is 0.408 e. The van der Waals surface area contributed by atoms with Crippen molar-refractivity contribution in [3.05, 3.63) is 54.1 Å². The second kappa shape index (κ2) is 13.5. The zero-order valence-electron chi connectivity index (χ0n) is 21.6. The fourth-order valence-electron chi connectivity index (χ4n) is 3.37. The van der Waals surface area contributed by atoms with Crippen LogP contribution >= 0.6 is 11.8 Å². The van der Waals surface area contributed by atoms with Gasteiger partial charge in [0.05, 0.1) is 7.11 Å². The molecular formula is C27H33N3O6S. The van der Waals surface area contributed by atoms with E-state index in [9.17, 15) is 19.5 Å². The largest absolute Gasteiger partial charge is 0.508 e. The predicted molar refractivity (Wildman–Crippen MR) is 144 cm³/mol. The molecule has 10 heteroatoms. The van der Waals surface area contributed by atoms with Crippen molar-refractivity contribution in [3.63, 3.8) is 0 Å². The van der Waals surface area contributed by atoms with Crippen LogP contribution in [-0.2, 0) is 14.3 Å². The third-order valence-corrected chi connectivity index (χ3v) is 5.67. The van der Waals surface area contributed by atoms with E-state index in [1.807, 2.05) is 6.26 Å². The van der Waals surface area contributed by atoms with Crippen LogP contribution in [0.15, 0.2) is 48.5 Å². The predicted octanol–water partition coefficient (Wildman–Crippen LogP) is 4.15. The number of phenolic OH excluding ortho intramolecular Hbond substituents is 1. The Morgan fingerprint density at radius 1 is 1.16 bits per heavy atom. The Hall–Kier alpha value is -3.84. The normalized spacial score (nSPS) is 12.4. The fourth-order valence-corrected chi connectivity index (χ4v) is 3.85. The molecule has 0 spiro atoms. The summed E-state index contributed by atoms with van der Waals surface area (Å²) in [4.78, 5) is 40.6. The first-order valence-corrected chi connectivity index (χ1v) is 12.9. The highest BCUT2D eigenvalue weighted by molar-refractivity contribution is 7.98. The fraction of sp³-hybridized carbons (Fsp3) is 0.370. The second-order valence-electron chi connectivity index (χ2n) is 9.03. The Morgan fingerprint density at radius 3 is 2.38 bits per heavy atom. The molecular weight excluding hydrogens is 494 g/mol. The molecule has 2 aromatic carbocycles. The van der Waals surface area contributed by atoms with E-state index in [0.717, 1.165) is 4.90 Å². The van der Waals surface area contributed by atoms with Crippen LogP contribution in [0.4, 0.5) is 10.5 Å². The SMILES string of the molecule is C#CN(C(=O)C(CCSC)NC(=O)OC(C)(C)C)C(C(=O)Nc1ccc(OC)cc1)c1cccc(O)c1. The Labute approximate surface area is 221 Å². The van der Waals surface area contributed by atoms with Crippen molar-refractivity contribution in [3.8, 4) is 24.0 Å². The van der Waals surface area contributed by atoms with Gasteiger partial charge in [-0.15, -0.1) is 0 Å². The summed E-state index contributed by atoms with van der Waals surface area (Å²) >= 11 is 1.49. The number of nitrogens with zero attached hydrogens (tertiary/aromatic N) is 1. The van der Waals surface area contributed by atoms with Crippen molar-refractivity contribution in [2.75, 3.05) is 24.4 Å². The average molecular weight is 528 g/mol. The minimum absolute atomic E-state index is 0.102. The number of hydrogen-bond acceptors (Lipinski definition) is 7. The van der Waals surface area contributed by atoms with Crippen LogP contribution in [0, 0.1) is 12.5 Å². The van der Waals surface area contributed by atoms with Gasteiger partial charge in [-0.3, -0.25) is 14.5 Å². The van der Waals surface area contributed by atoms with E-state index >= 15 is 0 Å². The zero-order chi connectivity index (χ0) is 27.6. The maximum Gasteiger partial charge on any atom is 0.408 e. The van der Waals surface area contributed by atoms with Crippen LogP contribution in [-0.4, -0.2) is 58.7 Å². The number of carbonyl (C=O) groups is 3. The van der Waals surface area contributed by atoms with E-state index in [4.69, 9.17) is 15.9 Å². The van der Waals surface area contributed by atoms with Crippen molar-refractivity contribution in [2.45, 2.75) is 44.9 Å². The van der Waals surface area contributed by atoms with Crippen molar-refractivity contribution in [1.29, 1.82) is 0 Å². The molecule has 198 valence electrons. The third-order valence-electron chi connectivity index (χ3n) is 5.03.